The fourth-order valence-electron chi connectivity index (χ4n) is 2.12. The van der Waals surface area contributed by atoms with Crippen LogP contribution >= 0.6 is 0 Å². The first-order chi connectivity index (χ1) is 10.4. The van der Waals surface area contributed by atoms with Gasteiger partial charge in [-0.05, 0) is 55.7 Å². The predicted octanol–water partition coefficient (Wildman–Crippen LogP) is 3.18. The molecule has 1 N–H and O–H groups in total. The summed E-state index contributed by atoms with van der Waals surface area (Å²) < 4.78 is 32.8. The smallest absolute Gasteiger partial charge is 0.241 e. The van der Waals surface area contributed by atoms with E-state index in [1.807, 2.05) is 50.2 Å². The van der Waals surface area contributed by atoms with Crippen LogP contribution in [0.5, 0.6) is 5.75 Å². The van der Waals surface area contributed by atoms with Crippen LogP contribution < -0.4 is 9.46 Å². The van der Waals surface area contributed by atoms with Crippen LogP contribution in [0.3, 0.4) is 0 Å². The lowest BCUT2D eigenvalue weighted by Gasteiger charge is -2.10. The first kappa shape index (κ1) is 16.5. The van der Waals surface area contributed by atoms with Crippen LogP contribution in [0.1, 0.15) is 23.6 Å². The highest BCUT2D eigenvalue weighted by atomic mass is 32.2. The number of nitrogens with one attached hydrogen (secondary N) is 1. The summed E-state index contributed by atoms with van der Waals surface area (Å²) in [6, 6.07) is 12.8. The van der Waals surface area contributed by atoms with Crippen molar-refractivity contribution in [2.24, 2.45) is 0 Å². The fraction of sp³-hybridized carbons (Fsp3) is 0.294. The molecule has 0 bridgehead atoms. The van der Waals surface area contributed by atoms with E-state index in [2.05, 4.69) is 4.72 Å². The first-order valence-electron chi connectivity index (χ1n) is 7.21. The number of rotatable bonds is 6. The second-order valence-corrected chi connectivity index (χ2v) is 6.91. The Kier molecular flexibility index (Phi) is 5.21. The highest BCUT2D eigenvalue weighted by molar-refractivity contribution is 7.89. The van der Waals surface area contributed by atoms with Gasteiger partial charge in [-0.25, -0.2) is 13.1 Å². The van der Waals surface area contributed by atoms with E-state index in [9.17, 15) is 8.42 Å². The average Bonchev–Trinajstić information content (AvgIpc) is 2.49. The Balaban J connectivity index is 2.11. The molecule has 118 valence electrons. The highest BCUT2D eigenvalue weighted by Crippen LogP contribution is 2.17. The van der Waals surface area contributed by atoms with E-state index in [1.165, 1.54) is 0 Å². The van der Waals surface area contributed by atoms with Gasteiger partial charge in [0.05, 0.1) is 11.5 Å². The minimum absolute atomic E-state index is 0.252. The first-order valence-corrected chi connectivity index (χ1v) is 8.69. The molecule has 2 rings (SSSR count). The molecule has 0 amide bonds. The summed E-state index contributed by atoms with van der Waals surface area (Å²) in [7, 11) is -3.51. The van der Waals surface area contributed by atoms with Gasteiger partial charge < -0.3 is 4.74 Å². The van der Waals surface area contributed by atoms with Crippen molar-refractivity contribution in [2.75, 3.05) is 6.61 Å². The van der Waals surface area contributed by atoms with Gasteiger partial charge in [-0.15, -0.1) is 0 Å². The molecule has 0 aliphatic rings. The molecule has 22 heavy (non-hydrogen) atoms. The highest BCUT2D eigenvalue weighted by Gasteiger charge is 2.16. The normalized spacial score (nSPS) is 11.4. The van der Waals surface area contributed by atoms with Gasteiger partial charge in [-0.2, -0.15) is 0 Å². The van der Waals surface area contributed by atoms with E-state index in [1.54, 1.807) is 13.0 Å². The van der Waals surface area contributed by atoms with Crippen molar-refractivity contribution < 1.29 is 13.2 Å². The van der Waals surface area contributed by atoms with Gasteiger partial charge in [-0.1, -0.05) is 24.3 Å². The number of hydrogen-bond acceptors (Lipinski definition) is 3. The maximum Gasteiger partial charge on any atom is 0.241 e. The molecule has 0 aromatic heterocycles. The van der Waals surface area contributed by atoms with Gasteiger partial charge in [-0.3, -0.25) is 0 Å². The summed E-state index contributed by atoms with van der Waals surface area (Å²) in [6.07, 6.45) is 0. The van der Waals surface area contributed by atoms with Gasteiger partial charge in [0.2, 0.25) is 10.0 Å². The van der Waals surface area contributed by atoms with Crippen molar-refractivity contribution in [3.05, 3.63) is 59.2 Å². The molecule has 0 aliphatic carbocycles. The van der Waals surface area contributed by atoms with Crippen LogP contribution in [0, 0.1) is 13.8 Å². The van der Waals surface area contributed by atoms with E-state index in [0.717, 1.165) is 22.4 Å². The van der Waals surface area contributed by atoms with Crippen molar-refractivity contribution >= 4 is 10.0 Å². The number of benzene rings is 2. The molecule has 0 aliphatic heterocycles. The van der Waals surface area contributed by atoms with E-state index in [-0.39, 0.29) is 6.54 Å². The molecule has 0 radical (unpaired) electrons. The fourth-order valence-corrected chi connectivity index (χ4v) is 3.47. The van der Waals surface area contributed by atoms with E-state index >= 15 is 0 Å². The topological polar surface area (TPSA) is 55.4 Å². The third kappa shape index (κ3) is 4.08. The molecular formula is C17H21NO3S. The van der Waals surface area contributed by atoms with Gasteiger partial charge in [0.25, 0.3) is 0 Å². The molecule has 2 aromatic carbocycles. The summed E-state index contributed by atoms with van der Waals surface area (Å²) in [6.45, 7) is 6.46. The molecular weight excluding hydrogens is 298 g/mol. The minimum atomic E-state index is -3.51. The van der Waals surface area contributed by atoms with Crippen molar-refractivity contribution in [1.82, 2.24) is 4.72 Å². The molecule has 0 spiro atoms. The maximum atomic E-state index is 12.4. The summed E-state index contributed by atoms with van der Waals surface area (Å²) in [5, 5.41) is 0. The lowest BCUT2D eigenvalue weighted by Crippen LogP contribution is -2.24. The molecule has 5 heteroatoms. The number of aryl methyl sites for hydroxylation is 2. The maximum absolute atomic E-state index is 12.4. The van der Waals surface area contributed by atoms with Crippen LogP contribution in [-0.2, 0) is 16.6 Å². The van der Waals surface area contributed by atoms with Crippen molar-refractivity contribution in [3.8, 4) is 5.75 Å². The minimum Gasteiger partial charge on any atom is -0.494 e. The summed E-state index contributed by atoms with van der Waals surface area (Å²) in [5.74, 6) is 0.781. The molecule has 0 unspecified atom stereocenters. The van der Waals surface area contributed by atoms with Crippen LogP contribution in [0.2, 0.25) is 0 Å². The van der Waals surface area contributed by atoms with Crippen LogP contribution in [0.4, 0.5) is 0 Å². The summed E-state index contributed by atoms with van der Waals surface area (Å²) in [5.41, 5.74) is 2.55. The molecule has 4 nitrogen and oxygen atoms in total. The van der Waals surface area contributed by atoms with Crippen LogP contribution in [0.25, 0.3) is 0 Å². The standard InChI is InChI=1S/C17H21NO3S/c1-4-21-16-9-7-15(8-10-16)12-18-22(19,20)17-11-13(2)5-6-14(17)3/h5-11,18H,4,12H2,1-3H3. The van der Waals surface area contributed by atoms with Gasteiger partial charge >= 0.3 is 0 Å². The predicted molar refractivity (Wildman–Crippen MR) is 87.6 cm³/mol. The second-order valence-electron chi connectivity index (χ2n) is 5.17. The monoisotopic (exact) mass is 319 g/mol. The summed E-state index contributed by atoms with van der Waals surface area (Å²) >= 11 is 0. The Morgan fingerprint density at radius 3 is 2.36 bits per heavy atom. The van der Waals surface area contributed by atoms with Crippen molar-refractivity contribution in [3.63, 3.8) is 0 Å². The zero-order chi connectivity index (χ0) is 16.2. The molecule has 0 atom stereocenters. The Morgan fingerprint density at radius 2 is 1.73 bits per heavy atom. The Bertz CT molecular complexity index is 737. The SMILES string of the molecule is CCOc1ccc(CNS(=O)(=O)c2cc(C)ccc2C)cc1. The van der Waals surface area contributed by atoms with Gasteiger partial charge in [0.15, 0.2) is 0 Å². The molecule has 0 heterocycles. The zero-order valence-corrected chi connectivity index (χ0v) is 13.9. The third-order valence-corrected chi connectivity index (χ3v) is 4.88. The van der Waals surface area contributed by atoms with Crippen LogP contribution in [0.15, 0.2) is 47.4 Å². The molecule has 0 saturated heterocycles. The van der Waals surface area contributed by atoms with Crippen molar-refractivity contribution in [2.45, 2.75) is 32.2 Å². The Labute approximate surface area is 132 Å². The van der Waals surface area contributed by atoms with Crippen LogP contribution in [-0.4, -0.2) is 15.0 Å². The van der Waals surface area contributed by atoms with E-state index in [0.29, 0.717) is 11.5 Å². The quantitative estimate of drug-likeness (QED) is 0.889. The second kappa shape index (κ2) is 6.94. The summed E-state index contributed by atoms with van der Waals surface area (Å²) in [4.78, 5) is 0.332. The Morgan fingerprint density at radius 1 is 1.05 bits per heavy atom. The lowest BCUT2D eigenvalue weighted by atomic mass is 10.2. The largest absolute Gasteiger partial charge is 0.494 e. The van der Waals surface area contributed by atoms with Gasteiger partial charge in [0, 0.05) is 6.54 Å². The molecule has 0 saturated carbocycles. The average molecular weight is 319 g/mol. The van der Waals surface area contributed by atoms with E-state index in [4.69, 9.17) is 4.74 Å². The third-order valence-electron chi connectivity index (χ3n) is 3.33. The lowest BCUT2D eigenvalue weighted by molar-refractivity contribution is 0.340. The number of sulfonamides is 1. The van der Waals surface area contributed by atoms with E-state index < -0.39 is 10.0 Å². The Hall–Kier alpha value is -1.85. The molecule has 2 aromatic rings. The number of ether oxygens (including phenoxy) is 1. The van der Waals surface area contributed by atoms with Crippen molar-refractivity contribution in [1.29, 1.82) is 0 Å². The number of hydrogen-bond donors (Lipinski definition) is 1. The zero-order valence-electron chi connectivity index (χ0n) is 13.1. The van der Waals surface area contributed by atoms with Gasteiger partial charge in [0.1, 0.15) is 5.75 Å². The molecule has 0 fully saturated rings.